The van der Waals surface area contributed by atoms with Gasteiger partial charge in [0, 0.05) is 5.57 Å². The summed E-state index contributed by atoms with van der Waals surface area (Å²) in [5.41, 5.74) is 2.19. The van der Waals surface area contributed by atoms with Crippen molar-refractivity contribution in [1.82, 2.24) is 0 Å². The van der Waals surface area contributed by atoms with Crippen LogP contribution in [0.25, 0.3) is 0 Å². The number of hydrogen-bond acceptors (Lipinski definition) is 2. The second-order valence-corrected chi connectivity index (χ2v) is 11.6. The molecule has 0 saturated carbocycles. The second kappa shape index (κ2) is 8.18. The summed E-state index contributed by atoms with van der Waals surface area (Å²) < 4.78 is 5.05. The highest BCUT2D eigenvalue weighted by atomic mass is 28.3. The summed E-state index contributed by atoms with van der Waals surface area (Å²) in [5.74, 6) is -0.142. The molecular weight excluding hydrogens is 276 g/mol. The molecule has 2 nitrogen and oxygen atoms in total. The Bertz CT molecular complexity index is 484. The van der Waals surface area contributed by atoms with Gasteiger partial charge < -0.3 is 4.74 Å². The van der Waals surface area contributed by atoms with Crippen molar-refractivity contribution < 1.29 is 9.53 Å². The molecule has 0 amide bonds. The third-order valence-corrected chi connectivity index (χ3v) is 5.99. The Balaban J connectivity index is 3.23. The zero-order valence-electron chi connectivity index (χ0n) is 14.0. The van der Waals surface area contributed by atoms with Crippen LogP contribution in [0.3, 0.4) is 0 Å². The number of benzene rings is 1. The zero-order valence-corrected chi connectivity index (χ0v) is 15.0. The minimum atomic E-state index is -1.58. The number of hydrogen-bond donors (Lipinski definition) is 0. The topological polar surface area (TPSA) is 26.3 Å². The van der Waals surface area contributed by atoms with Crippen LogP contribution in [0.1, 0.15) is 31.7 Å². The molecule has 0 heterocycles. The van der Waals surface area contributed by atoms with E-state index in [-0.39, 0.29) is 5.97 Å². The first-order chi connectivity index (χ1) is 9.90. The highest BCUT2D eigenvalue weighted by molar-refractivity contribution is 6.83. The molecule has 0 unspecified atom stereocenters. The molecule has 0 N–H and O–H groups in total. The van der Waals surface area contributed by atoms with Crippen LogP contribution < -0.4 is 0 Å². The first-order valence-electron chi connectivity index (χ1n) is 7.74. The Kier molecular flexibility index (Phi) is 6.89. The highest BCUT2D eigenvalue weighted by Gasteiger charge is 2.26. The standard InChI is InChI=1S/C18H28O2Si/c1-6-7-13-16(18(19)20-2)17(21(3,4)5)14-15-11-9-8-10-12-15/h8-12H,6-7,13-14H2,1-5H3/b17-16-. The maximum Gasteiger partial charge on any atom is 0.333 e. The monoisotopic (exact) mass is 304 g/mol. The van der Waals surface area contributed by atoms with Gasteiger partial charge in [-0.05, 0) is 24.8 Å². The fourth-order valence-electron chi connectivity index (χ4n) is 2.48. The van der Waals surface area contributed by atoms with Gasteiger partial charge in [0.2, 0.25) is 0 Å². The average molecular weight is 305 g/mol. The summed E-state index contributed by atoms with van der Waals surface area (Å²) >= 11 is 0. The maximum atomic E-state index is 12.2. The molecule has 1 aromatic rings. The largest absolute Gasteiger partial charge is 0.466 e. The highest BCUT2D eigenvalue weighted by Crippen LogP contribution is 2.26. The van der Waals surface area contributed by atoms with Crippen LogP contribution in [0.4, 0.5) is 0 Å². The Hall–Kier alpha value is -1.35. The Morgan fingerprint density at radius 3 is 2.24 bits per heavy atom. The van der Waals surface area contributed by atoms with Crippen LogP contribution in [-0.4, -0.2) is 21.2 Å². The molecule has 21 heavy (non-hydrogen) atoms. The van der Waals surface area contributed by atoms with Crippen LogP contribution in [0.5, 0.6) is 0 Å². The predicted octanol–water partition coefficient (Wildman–Crippen LogP) is 4.77. The molecule has 0 fully saturated rings. The van der Waals surface area contributed by atoms with Gasteiger partial charge in [-0.25, -0.2) is 4.79 Å². The van der Waals surface area contributed by atoms with E-state index in [4.69, 9.17) is 4.74 Å². The van der Waals surface area contributed by atoms with E-state index >= 15 is 0 Å². The molecule has 1 rings (SSSR count). The Labute approximate surface area is 130 Å². The summed E-state index contributed by atoms with van der Waals surface area (Å²) in [7, 11) is -0.0980. The summed E-state index contributed by atoms with van der Waals surface area (Å²) in [4.78, 5) is 12.2. The van der Waals surface area contributed by atoms with Gasteiger partial charge in [-0.3, -0.25) is 0 Å². The van der Waals surface area contributed by atoms with E-state index in [0.717, 1.165) is 31.3 Å². The molecule has 3 heteroatoms. The SMILES string of the molecule is CCCC/C(C(=O)OC)=C(\Cc1ccccc1)[Si](C)(C)C. The summed E-state index contributed by atoms with van der Waals surface area (Å²) in [6.45, 7) is 9.07. The van der Waals surface area contributed by atoms with Crippen LogP contribution >= 0.6 is 0 Å². The van der Waals surface area contributed by atoms with Gasteiger partial charge in [0.1, 0.15) is 0 Å². The second-order valence-electron chi connectivity index (χ2n) is 6.46. The first-order valence-corrected chi connectivity index (χ1v) is 11.2. The smallest absolute Gasteiger partial charge is 0.333 e. The quantitative estimate of drug-likeness (QED) is 0.412. The van der Waals surface area contributed by atoms with Crippen molar-refractivity contribution in [3.8, 4) is 0 Å². The van der Waals surface area contributed by atoms with Gasteiger partial charge in [0.15, 0.2) is 0 Å². The molecule has 0 atom stereocenters. The molecule has 0 saturated heterocycles. The minimum absolute atomic E-state index is 0.142. The van der Waals surface area contributed by atoms with Gasteiger partial charge >= 0.3 is 5.97 Å². The fourth-order valence-corrected chi connectivity index (χ4v) is 4.34. The van der Waals surface area contributed by atoms with E-state index in [1.807, 2.05) is 6.07 Å². The van der Waals surface area contributed by atoms with E-state index in [2.05, 4.69) is 50.8 Å². The molecule has 116 valence electrons. The molecule has 0 aliphatic carbocycles. The van der Waals surface area contributed by atoms with Crippen LogP contribution in [0, 0.1) is 0 Å². The molecule has 0 aliphatic heterocycles. The van der Waals surface area contributed by atoms with Crippen molar-refractivity contribution in [3.63, 3.8) is 0 Å². The number of ether oxygens (including phenoxy) is 1. The van der Waals surface area contributed by atoms with E-state index in [1.54, 1.807) is 0 Å². The third kappa shape index (κ3) is 5.50. The zero-order chi connectivity index (χ0) is 15.9. The number of carbonyl (C=O) groups is 1. The Morgan fingerprint density at radius 2 is 1.76 bits per heavy atom. The first kappa shape index (κ1) is 17.7. The number of rotatable bonds is 7. The summed E-state index contributed by atoms with van der Waals surface area (Å²) in [5, 5.41) is 1.33. The molecule has 1 aromatic carbocycles. The molecule has 0 spiro atoms. The van der Waals surface area contributed by atoms with Gasteiger partial charge in [-0.1, -0.05) is 68.5 Å². The molecule has 0 aliphatic rings. The van der Waals surface area contributed by atoms with Gasteiger partial charge in [0.05, 0.1) is 15.2 Å². The lowest BCUT2D eigenvalue weighted by molar-refractivity contribution is -0.136. The van der Waals surface area contributed by atoms with Crippen LogP contribution in [0.15, 0.2) is 41.1 Å². The van der Waals surface area contributed by atoms with Crippen LogP contribution in [0.2, 0.25) is 19.6 Å². The van der Waals surface area contributed by atoms with Gasteiger partial charge in [-0.2, -0.15) is 0 Å². The van der Waals surface area contributed by atoms with Crippen LogP contribution in [-0.2, 0) is 16.0 Å². The summed E-state index contributed by atoms with van der Waals surface area (Å²) in [6, 6.07) is 10.4. The van der Waals surface area contributed by atoms with Gasteiger partial charge in [-0.15, -0.1) is 0 Å². The van der Waals surface area contributed by atoms with Crippen molar-refractivity contribution in [1.29, 1.82) is 0 Å². The lowest BCUT2D eigenvalue weighted by atomic mass is 10.0. The van der Waals surface area contributed by atoms with Crippen molar-refractivity contribution in [2.45, 2.75) is 52.2 Å². The van der Waals surface area contributed by atoms with E-state index in [1.165, 1.54) is 17.9 Å². The fraction of sp³-hybridized carbons (Fsp3) is 0.500. The predicted molar refractivity (Wildman–Crippen MR) is 92.1 cm³/mol. The molecule has 0 bridgehead atoms. The van der Waals surface area contributed by atoms with Crippen molar-refractivity contribution in [2.24, 2.45) is 0 Å². The minimum Gasteiger partial charge on any atom is -0.466 e. The summed E-state index contributed by atoms with van der Waals surface area (Å²) in [6.07, 6.45) is 3.82. The number of allylic oxidation sites excluding steroid dienone is 1. The number of esters is 1. The number of methoxy groups -OCH3 is 1. The number of carbonyl (C=O) groups excluding carboxylic acids is 1. The van der Waals surface area contributed by atoms with E-state index < -0.39 is 8.07 Å². The molecule has 0 radical (unpaired) electrons. The molecule has 0 aromatic heterocycles. The molecular formula is C18H28O2Si. The average Bonchev–Trinajstić information content (AvgIpc) is 2.46. The van der Waals surface area contributed by atoms with Gasteiger partial charge in [0.25, 0.3) is 0 Å². The third-order valence-electron chi connectivity index (χ3n) is 3.71. The Morgan fingerprint density at radius 1 is 1.14 bits per heavy atom. The number of unbranched alkanes of at least 4 members (excludes halogenated alkanes) is 1. The normalized spacial score (nSPS) is 12.8. The van der Waals surface area contributed by atoms with Crippen molar-refractivity contribution >= 4 is 14.0 Å². The lowest BCUT2D eigenvalue weighted by Crippen LogP contribution is -2.29. The lowest BCUT2D eigenvalue weighted by Gasteiger charge is -2.25. The van der Waals surface area contributed by atoms with Crippen molar-refractivity contribution in [3.05, 3.63) is 46.7 Å². The maximum absolute atomic E-state index is 12.2. The van der Waals surface area contributed by atoms with E-state index in [9.17, 15) is 4.79 Å². The van der Waals surface area contributed by atoms with Crippen molar-refractivity contribution in [2.75, 3.05) is 7.11 Å². The van der Waals surface area contributed by atoms with E-state index in [0.29, 0.717) is 0 Å².